The van der Waals surface area contributed by atoms with E-state index in [9.17, 15) is 0 Å². The predicted molar refractivity (Wildman–Crippen MR) is 76.4 cm³/mol. The van der Waals surface area contributed by atoms with Crippen LogP contribution in [-0.2, 0) is 0 Å². The maximum absolute atomic E-state index is 5.88. The largest absolute Gasteiger partial charge is 0.279 e. The Labute approximate surface area is 101 Å². The number of nitrogens with zero attached hydrogens (tertiary/aromatic N) is 1. The van der Waals surface area contributed by atoms with Crippen LogP contribution in [0.15, 0.2) is 17.2 Å². The van der Waals surface area contributed by atoms with Gasteiger partial charge < -0.3 is 0 Å². The summed E-state index contributed by atoms with van der Waals surface area (Å²) in [6.45, 7) is 5.67. The van der Waals surface area contributed by atoms with E-state index in [-0.39, 0.29) is 6.49 Å². The highest BCUT2D eigenvalue weighted by Gasteiger charge is 2.10. The van der Waals surface area contributed by atoms with Crippen LogP contribution in [0.3, 0.4) is 0 Å². The lowest BCUT2D eigenvalue weighted by atomic mass is 9.03. The Morgan fingerprint density at radius 1 is 1.38 bits per heavy atom. The van der Waals surface area contributed by atoms with Crippen molar-refractivity contribution in [2.75, 3.05) is 5.43 Å². The number of hydrogen-bond donors (Lipinski definition) is 1. The molecule has 1 aromatic carbocycles. The zero-order valence-corrected chi connectivity index (χ0v) is 9.99. The molecule has 1 rings (SSSR count). The van der Waals surface area contributed by atoms with Gasteiger partial charge in [-0.1, -0.05) is 17.1 Å². The highest BCUT2D eigenvalue weighted by molar-refractivity contribution is 7.50. The molecule has 0 aromatic heterocycles. The third-order valence-electron chi connectivity index (χ3n) is 2.49. The number of aryl methyl sites for hydroxylation is 2. The number of benzene rings is 1. The summed E-state index contributed by atoms with van der Waals surface area (Å²) in [6.07, 6.45) is 1.71. The molecule has 75 valence electrons. The van der Waals surface area contributed by atoms with E-state index in [1.807, 2.05) is 32.9 Å². The Balaban J connectivity index is 3.06. The van der Waals surface area contributed by atoms with Gasteiger partial charge in [-0.25, -0.2) is 0 Å². The number of hydrazone groups is 1. The quantitative estimate of drug-likeness (QED) is 0.428. The van der Waals surface area contributed by atoms with Crippen molar-refractivity contribution in [3.63, 3.8) is 0 Å². The molecule has 0 saturated heterocycles. The summed E-state index contributed by atoms with van der Waals surface area (Å²) in [5.41, 5.74) is 7.22. The smallest absolute Gasteiger partial charge is 0.0809 e. The summed E-state index contributed by atoms with van der Waals surface area (Å²) in [5.74, 6) is 0. The SMILES string of the molecule is [B][B]B([B])c1cc(C)c(NN=CC)cc1C. The molecule has 2 nitrogen and oxygen atoms in total. The van der Waals surface area contributed by atoms with E-state index in [0.29, 0.717) is 0 Å². The first-order valence-electron chi connectivity index (χ1n) is 5.25. The third-order valence-corrected chi connectivity index (χ3v) is 2.49. The van der Waals surface area contributed by atoms with E-state index in [4.69, 9.17) is 15.5 Å². The molecule has 6 heteroatoms. The lowest BCUT2D eigenvalue weighted by Crippen LogP contribution is -2.39. The second-order valence-corrected chi connectivity index (χ2v) is 3.74. The topological polar surface area (TPSA) is 24.4 Å². The minimum Gasteiger partial charge on any atom is -0.279 e. The van der Waals surface area contributed by atoms with Crippen LogP contribution in [0.25, 0.3) is 0 Å². The molecule has 0 heterocycles. The molecule has 0 bridgehead atoms. The summed E-state index contributed by atoms with van der Waals surface area (Å²) in [5, 5.41) is 4.00. The molecule has 5 radical (unpaired) electrons. The van der Waals surface area contributed by atoms with E-state index in [0.717, 1.165) is 22.3 Å². The third kappa shape index (κ3) is 2.97. The van der Waals surface area contributed by atoms with Crippen molar-refractivity contribution in [3.05, 3.63) is 23.3 Å². The average molecular weight is 204 g/mol. The van der Waals surface area contributed by atoms with Gasteiger partial charge in [0.1, 0.15) is 0 Å². The first-order valence-corrected chi connectivity index (χ1v) is 5.25. The van der Waals surface area contributed by atoms with Gasteiger partial charge in [0.25, 0.3) is 0 Å². The van der Waals surface area contributed by atoms with Crippen LogP contribution >= 0.6 is 0 Å². The zero-order chi connectivity index (χ0) is 12.1. The van der Waals surface area contributed by atoms with Crippen molar-refractivity contribution in [1.29, 1.82) is 0 Å². The molecule has 0 spiro atoms. The number of rotatable bonds is 4. The number of hydrogen-bond acceptors (Lipinski definition) is 2. The molecule has 1 N–H and O–H groups in total. The van der Waals surface area contributed by atoms with Gasteiger partial charge in [0.2, 0.25) is 0 Å². The van der Waals surface area contributed by atoms with Gasteiger partial charge in [-0.2, -0.15) is 5.10 Å². The van der Waals surface area contributed by atoms with E-state index < -0.39 is 0 Å². The highest BCUT2D eigenvalue weighted by atomic mass is 15.3. The molecule has 0 fully saturated rings. The molecule has 0 saturated carbocycles. The van der Waals surface area contributed by atoms with Crippen LogP contribution in [0.2, 0.25) is 0 Å². The van der Waals surface area contributed by atoms with Crippen molar-refractivity contribution < 1.29 is 0 Å². The maximum Gasteiger partial charge on any atom is 0.0809 e. The van der Waals surface area contributed by atoms with Crippen molar-refractivity contribution in [2.45, 2.75) is 20.8 Å². The molecule has 0 aliphatic rings. The molecular formula is C10H13B4N2. The molecule has 0 aliphatic heterocycles. The standard InChI is InChI=1S/C10H13B4N2/c1-4-15-16-10-6-7(2)9(5-8(10)3)14(12)13-11/h4-6,16H,1-3H3. The lowest BCUT2D eigenvalue weighted by Gasteiger charge is -2.15. The summed E-state index contributed by atoms with van der Waals surface area (Å²) in [6, 6.07) is 4.07. The zero-order valence-electron chi connectivity index (χ0n) is 9.99. The predicted octanol–water partition coefficient (Wildman–Crippen LogP) is 0.372. The summed E-state index contributed by atoms with van der Waals surface area (Å²) in [4.78, 5) is 0. The Morgan fingerprint density at radius 2 is 2.06 bits per heavy atom. The van der Waals surface area contributed by atoms with Crippen LogP contribution in [-0.4, -0.2) is 35.2 Å². The Morgan fingerprint density at radius 3 is 2.62 bits per heavy atom. The summed E-state index contributed by atoms with van der Waals surface area (Å²) < 4.78 is 0. The number of nitrogens with one attached hydrogen (secondary N) is 1. The van der Waals surface area contributed by atoms with Crippen molar-refractivity contribution in [3.8, 4) is 0 Å². The van der Waals surface area contributed by atoms with Crippen LogP contribution in [0.4, 0.5) is 5.69 Å². The van der Waals surface area contributed by atoms with Crippen LogP contribution < -0.4 is 10.9 Å². The average Bonchev–Trinajstić information content (AvgIpc) is 2.28. The second kappa shape index (κ2) is 5.88. The molecule has 0 aliphatic carbocycles. The minimum atomic E-state index is -0.220. The van der Waals surface area contributed by atoms with E-state index in [1.165, 1.54) is 7.06 Å². The minimum absolute atomic E-state index is 0.220. The van der Waals surface area contributed by atoms with E-state index in [1.54, 1.807) is 6.21 Å². The molecule has 0 unspecified atom stereocenters. The Kier molecular flexibility index (Phi) is 4.78. The van der Waals surface area contributed by atoms with Gasteiger partial charge in [0.05, 0.1) is 12.2 Å². The maximum atomic E-state index is 5.88. The van der Waals surface area contributed by atoms with Gasteiger partial charge in [0, 0.05) is 28.7 Å². The van der Waals surface area contributed by atoms with Crippen molar-refractivity contribution in [1.82, 2.24) is 0 Å². The second-order valence-electron chi connectivity index (χ2n) is 3.74. The molecular weight excluding hydrogens is 191 g/mol. The van der Waals surface area contributed by atoms with Crippen LogP contribution in [0.1, 0.15) is 18.1 Å². The van der Waals surface area contributed by atoms with E-state index >= 15 is 0 Å². The summed E-state index contributed by atoms with van der Waals surface area (Å²) >= 11 is 0. The molecule has 1 aromatic rings. The normalized spacial score (nSPS) is 10.4. The van der Waals surface area contributed by atoms with Gasteiger partial charge >= 0.3 is 0 Å². The molecule has 0 atom stereocenters. The number of anilines is 1. The van der Waals surface area contributed by atoms with Gasteiger partial charge in [-0.15, -0.1) is 0 Å². The first kappa shape index (κ1) is 13.0. The fraction of sp³-hybridized carbons (Fsp3) is 0.300. The van der Waals surface area contributed by atoms with Gasteiger partial charge in [-0.3, -0.25) is 5.43 Å². The Bertz CT molecular complexity index is 393. The summed E-state index contributed by atoms with van der Waals surface area (Å²) in [7, 11) is 12.8. The molecule has 16 heavy (non-hydrogen) atoms. The van der Waals surface area contributed by atoms with Crippen LogP contribution in [0.5, 0.6) is 0 Å². The first-order chi connectivity index (χ1) is 7.60. The fourth-order valence-electron chi connectivity index (χ4n) is 1.56. The van der Waals surface area contributed by atoms with Crippen molar-refractivity contribution in [2.24, 2.45) is 5.10 Å². The van der Waals surface area contributed by atoms with Gasteiger partial charge in [-0.05, 0) is 32.4 Å². The van der Waals surface area contributed by atoms with Crippen molar-refractivity contribution >= 4 is 46.4 Å². The Hall–Kier alpha value is -1.05. The van der Waals surface area contributed by atoms with E-state index in [2.05, 4.69) is 10.5 Å². The molecule has 0 amide bonds. The fourth-order valence-corrected chi connectivity index (χ4v) is 1.56. The van der Waals surface area contributed by atoms with Gasteiger partial charge in [0.15, 0.2) is 0 Å². The lowest BCUT2D eigenvalue weighted by molar-refractivity contribution is 1.30. The highest BCUT2D eigenvalue weighted by Crippen LogP contribution is 2.15. The van der Waals surface area contributed by atoms with Crippen LogP contribution in [0, 0.1) is 13.8 Å². The monoisotopic (exact) mass is 205 g/mol.